The van der Waals surface area contributed by atoms with Gasteiger partial charge in [0.15, 0.2) is 11.0 Å². The molecule has 2 aromatic rings. The molecule has 9 heteroatoms. The molecule has 180 valence electrons. The van der Waals surface area contributed by atoms with E-state index in [2.05, 4.69) is 24.2 Å². The molecule has 1 N–H and O–H groups in total. The maximum atomic E-state index is 14.4. The van der Waals surface area contributed by atoms with Crippen LogP contribution in [-0.4, -0.2) is 40.9 Å². The van der Waals surface area contributed by atoms with Gasteiger partial charge in [0.05, 0.1) is 11.1 Å². The van der Waals surface area contributed by atoms with Crippen LogP contribution in [0.15, 0.2) is 41.4 Å². The number of thioether (sulfide) groups is 1. The first-order valence-electron chi connectivity index (χ1n) is 10.6. The maximum absolute atomic E-state index is 14.4. The number of nitrogens with one attached hydrogen (secondary N) is 1. The predicted molar refractivity (Wildman–Crippen MR) is 139 cm³/mol. The number of anilines is 1. The van der Waals surface area contributed by atoms with Crippen molar-refractivity contribution >= 4 is 58.2 Å². The van der Waals surface area contributed by atoms with Crippen molar-refractivity contribution in [3.8, 4) is 5.75 Å². The van der Waals surface area contributed by atoms with Gasteiger partial charge in [0.2, 0.25) is 5.91 Å². The van der Waals surface area contributed by atoms with Gasteiger partial charge in [-0.05, 0) is 43.5 Å². The van der Waals surface area contributed by atoms with Gasteiger partial charge in [0.1, 0.15) is 11.4 Å². The molecule has 0 saturated carbocycles. The standard InChI is InChI=1S/C24H29ClFN3O2S.ClH/c1-14(2)16-6-8-17(9-7-16)27-23(30)10-18-13-32-24(29(18)5)28-21-12-22(31-15(3)4)19(25)11-20(21)26;/h6-9,11-12,14-15,18H,10,13H2,1-5H3,(H,27,30);1H/b28-24+;. The van der Waals surface area contributed by atoms with E-state index in [-0.39, 0.29) is 41.2 Å². The van der Waals surface area contributed by atoms with E-state index in [9.17, 15) is 9.18 Å². The lowest BCUT2D eigenvalue weighted by Gasteiger charge is -2.20. The van der Waals surface area contributed by atoms with Crippen LogP contribution < -0.4 is 10.1 Å². The Kier molecular flexibility index (Phi) is 9.88. The molecular formula is C24H30Cl2FN3O2S. The van der Waals surface area contributed by atoms with Crippen LogP contribution >= 0.6 is 35.8 Å². The van der Waals surface area contributed by atoms with Gasteiger partial charge in [-0.1, -0.05) is 49.3 Å². The number of carbonyl (C=O) groups excluding carboxylic acids is 1. The van der Waals surface area contributed by atoms with E-state index in [1.165, 1.54) is 29.5 Å². The highest BCUT2D eigenvalue weighted by atomic mass is 35.5. The molecule has 0 aromatic heterocycles. The molecule has 1 aliphatic heterocycles. The Labute approximate surface area is 210 Å². The number of hydrogen-bond acceptors (Lipinski definition) is 4. The quantitative estimate of drug-likeness (QED) is 0.438. The number of benzene rings is 2. The summed E-state index contributed by atoms with van der Waals surface area (Å²) in [5.74, 6) is 0.956. The van der Waals surface area contributed by atoms with E-state index in [0.29, 0.717) is 29.0 Å². The molecule has 0 spiro atoms. The van der Waals surface area contributed by atoms with E-state index in [1.54, 1.807) is 0 Å². The minimum atomic E-state index is -0.515. The summed E-state index contributed by atoms with van der Waals surface area (Å²) in [6.45, 7) is 8.02. The van der Waals surface area contributed by atoms with Crippen molar-refractivity contribution in [1.82, 2.24) is 4.90 Å². The topological polar surface area (TPSA) is 53.9 Å². The van der Waals surface area contributed by atoms with Crippen molar-refractivity contribution < 1.29 is 13.9 Å². The average Bonchev–Trinajstić information content (AvgIpc) is 3.05. The Bertz CT molecular complexity index is 1000. The molecule has 0 radical (unpaired) electrons. The Morgan fingerprint density at radius 3 is 2.55 bits per heavy atom. The van der Waals surface area contributed by atoms with Crippen molar-refractivity contribution in [2.75, 3.05) is 18.1 Å². The highest BCUT2D eigenvalue weighted by Crippen LogP contribution is 2.35. The van der Waals surface area contributed by atoms with Crippen molar-refractivity contribution in [3.63, 3.8) is 0 Å². The van der Waals surface area contributed by atoms with Crippen molar-refractivity contribution in [3.05, 3.63) is 52.8 Å². The first kappa shape index (κ1) is 27.3. The van der Waals surface area contributed by atoms with Gasteiger partial charge in [0.25, 0.3) is 0 Å². The number of carbonyl (C=O) groups is 1. The third-order valence-corrected chi connectivity index (χ3v) is 6.60. The molecule has 1 aliphatic rings. The summed E-state index contributed by atoms with van der Waals surface area (Å²) in [5, 5.41) is 3.82. The Hall–Kier alpha value is -1.96. The molecule has 1 fully saturated rings. The minimum absolute atomic E-state index is 0. The molecule has 1 amide bonds. The smallest absolute Gasteiger partial charge is 0.226 e. The number of aliphatic imine (C=N–C) groups is 1. The molecular weight excluding hydrogens is 484 g/mol. The lowest BCUT2D eigenvalue weighted by atomic mass is 10.0. The summed E-state index contributed by atoms with van der Waals surface area (Å²) in [4.78, 5) is 19.0. The average molecular weight is 514 g/mol. The van der Waals surface area contributed by atoms with Crippen LogP contribution in [-0.2, 0) is 4.79 Å². The normalized spacial score (nSPS) is 16.9. The fourth-order valence-corrected chi connectivity index (χ4v) is 4.67. The summed E-state index contributed by atoms with van der Waals surface area (Å²) in [6, 6.07) is 10.6. The Balaban J connectivity index is 0.00000385. The third-order valence-electron chi connectivity index (χ3n) is 5.12. The van der Waals surface area contributed by atoms with Crippen LogP contribution in [0.2, 0.25) is 5.02 Å². The fraction of sp³-hybridized carbons (Fsp3) is 0.417. The summed E-state index contributed by atoms with van der Waals surface area (Å²) >= 11 is 7.58. The molecule has 1 heterocycles. The first-order valence-corrected chi connectivity index (χ1v) is 12.0. The molecule has 33 heavy (non-hydrogen) atoms. The Morgan fingerprint density at radius 1 is 1.27 bits per heavy atom. The summed E-state index contributed by atoms with van der Waals surface area (Å²) in [5.41, 5.74) is 2.17. The van der Waals surface area contributed by atoms with Crippen molar-refractivity contribution in [2.24, 2.45) is 4.99 Å². The van der Waals surface area contributed by atoms with Crippen LogP contribution in [0.4, 0.5) is 15.8 Å². The van der Waals surface area contributed by atoms with Gasteiger partial charge in [0, 0.05) is 37.0 Å². The molecule has 3 rings (SSSR count). The van der Waals surface area contributed by atoms with Crippen molar-refractivity contribution in [1.29, 1.82) is 0 Å². The lowest BCUT2D eigenvalue weighted by molar-refractivity contribution is -0.116. The zero-order valence-electron chi connectivity index (χ0n) is 19.4. The van der Waals surface area contributed by atoms with E-state index in [0.717, 1.165) is 5.69 Å². The maximum Gasteiger partial charge on any atom is 0.226 e. The van der Waals surface area contributed by atoms with Gasteiger partial charge >= 0.3 is 0 Å². The second kappa shape index (κ2) is 12.0. The van der Waals surface area contributed by atoms with Crippen LogP contribution in [0.1, 0.15) is 45.6 Å². The number of hydrogen-bond donors (Lipinski definition) is 1. The molecule has 1 saturated heterocycles. The van der Waals surface area contributed by atoms with Crippen LogP contribution in [0, 0.1) is 5.82 Å². The highest BCUT2D eigenvalue weighted by molar-refractivity contribution is 8.14. The lowest BCUT2D eigenvalue weighted by Crippen LogP contribution is -2.33. The number of halogens is 3. The van der Waals surface area contributed by atoms with Crippen LogP contribution in [0.25, 0.3) is 0 Å². The second-order valence-electron chi connectivity index (χ2n) is 8.40. The van der Waals surface area contributed by atoms with E-state index in [1.807, 2.05) is 50.1 Å². The largest absolute Gasteiger partial charge is 0.489 e. The highest BCUT2D eigenvalue weighted by Gasteiger charge is 2.29. The van der Waals surface area contributed by atoms with E-state index < -0.39 is 5.82 Å². The summed E-state index contributed by atoms with van der Waals surface area (Å²) < 4.78 is 20.1. The zero-order chi connectivity index (χ0) is 23.4. The second-order valence-corrected chi connectivity index (χ2v) is 9.79. The van der Waals surface area contributed by atoms with E-state index >= 15 is 0 Å². The molecule has 1 unspecified atom stereocenters. The Morgan fingerprint density at radius 2 is 1.94 bits per heavy atom. The minimum Gasteiger partial charge on any atom is -0.489 e. The summed E-state index contributed by atoms with van der Waals surface area (Å²) in [6.07, 6.45) is 0.227. The summed E-state index contributed by atoms with van der Waals surface area (Å²) in [7, 11) is 1.87. The predicted octanol–water partition coefficient (Wildman–Crippen LogP) is 6.88. The van der Waals surface area contributed by atoms with E-state index in [4.69, 9.17) is 16.3 Å². The monoisotopic (exact) mass is 513 g/mol. The number of rotatable bonds is 7. The number of ether oxygens (including phenoxy) is 1. The van der Waals surface area contributed by atoms with Gasteiger partial charge < -0.3 is 15.0 Å². The molecule has 1 atom stereocenters. The number of amides is 1. The van der Waals surface area contributed by atoms with Gasteiger partial charge in [-0.2, -0.15) is 0 Å². The van der Waals surface area contributed by atoms with Crippen LogP contribution in [0.3, 0.4) is 0 Å². The SMILES string of the molecule is CC(C)Oc1cc(/N=C2/SCC(CC(=O)Nc3ccc(C(C)C)cc3)N2C)c(F)cc1Cl.Cl. The molecule has 0 bridgehead atoms. The number of amidine groups is 1. The van der Waals surface area contributed by atoms with Crippen LogP contribution in [0.5, 0.6) is 5.75 Å². The molecule has 5 nitrogen and oxygen atoms in total. The zero-order valence-corrected chi connectivity index (χ0v) is 21.8. The fourth-order valence-electron chi connectivity index (χ4n) is 3.28. The van der Waals surface area contributed by atoms with Gasteiger partial charge in [-0.3, -0.25) is 4.79 Å². The van der Waals surface area contributed by atoms with Gasteiger partial charge in [-0.25, -0.2) is 9.38 Å². The molecule has 0 aliphatic carbocycles. The van der Waals surface area contributed by atoms with Gasteiger partial charge in [-0.15, -0.1) is 12.4 Å². The van der Waals surface area contributed by atoms with Crippen molar-refractivity contribution in [2.45, 2.75) is 52.2 Å². The molecule has 2 aromatic carbocycles. The number of nitrogens with zero attached hydrogens (tertiary/aromatic N) is 2. The third kappa shape index (κ3) is 7.26. The first-order chi connectivity index (χ1) is 15.1.